The van der Waals surface area contributed by atoms with Gasteiger partial charge in [0.25, 0.3) is 0 Å². The number of phosphoric ester groups is 1. The second kappa shape index (κ2) is 6.36. The molecule has 9 heteroatoms. The molecule has 1 rings (SSSR count). The first-order chi connectivity index (χ1) is 7.81. The first-order valence-electron chi connectivity index (χ1n) is 5.38. The molecule has 0 spiro atoms. The Balaban J connectivity index is 2.54. The zero-order valence-corrected chi connectivity index (χ0v) is 10.7. The largest absolute Gasteiger partial charge is 0.469 e. The molecule has 1 fully saturated rings. The highest BCUT2D eigenvalue weighted by Gasteiger charge is 2.38. The third kappa shape index (κ3) is 5.55. The summed E-state index contributed by atoms with van der Waals surface area (Å²) in [5.41, 5.74) is 0. The van der Waals surface area contributed by atoms with Gasteiger partial charge in [0.2, 0.25) is 0 Å². The van der Waals surface area contributed by atoms with E-state index in [4.69, 9.17) is 27.0 Å². The highest BCUT2D eigenvalue weighted by molar-refractivity contribution is 7.46. The molecule has 1 saturated heterocycles. The fraction of sp³-hybridized carbons (Fsp3) is 1.00. The summed E-state index contributed by atoms with van der Waals surface area (Å²) in [5, 5.41) is 0. The molecule has 1 heterocycles. The summed E-state index contributed by atoms with van der Waals surface area (Å²) in [6.45, 7) is 3.94. The quantitative estimate of drug-likeness (QED) is 0.508. The van der Waals surface area contributed by atoms with Crippen molar-refractivity contribution in [3.8, 4) is 0 Å². The van der Waals surface area contributed by atoms with Gasteiger partial charge in [0.15, 0.2) is 0 Å². The van der Waals surface area contributed by atoms with Crippen molar-refractivity contribution in [2.24, 2.45) is 0 Å². The van der Waals surface area contributed by atoms with Gasteiger partial charge in [0.05, 0.1) is 26.0 Å². The highest BCUT2D eigenvalue weighted by atomic mass is 31.2. The van der Waals surface area contributed by atoms with E-state index in [2.05, 4.69) is 4.52 Å². The van der Waals surface area contributed by atoms with Crippen LogP contribution in [0.4, 0.5) is 0 Å². The van der Waals surface area contributed by atoms with E-state index in [1.54, 1.807) is 0 Å². The molecule has 0 bridgehead atoms. The Labute approximate surface area is 103 Å². The second-order valence-electron chi connectivity index (χ2n) is 4.16. The van der Waals surface area contributed by atoms with Gasteiger partial charge in [-0.3, -0.25) is 4.52 Å². The Bertz CT molecular complexity index is 283. The lowest BCUT2D eigenvalue weighted by atomic mass is 9.51. The van der Waals surface area contributed by atoms with Crippen molar-refractivity contribution in [2.75, 3.05) is 6.61 Å². The summed E-state index contributed by atoms with van der Waals surface area (Å²) < 4.78 is 26.3. The summed E-state index contributed by atoms with van der Waals surface area (Å²) >= 11 is 0. The van der Waals surface area contributed by atoms with E-state index >= 15 is 0 Å². The van der Waals surface area contributed by atoms with Crippen LogP contribution in [0.1, 0.15) is 20.3 Å². The Morgan fingerprint density at radius 3 is 2.71 bits per heavy atom. The predicted molar refractivity (Wildman–Crippen MR) is 62.8 cm³/mol. The van der Waals surface area contributed by atoms with Crippen LogP contribution in [-0.4, -0.2) is 55.6 Å². The molecule has 95 valence electrons. The Morgan fingerprint density at radius 2 is 2.24 bits per heavy atom. The molecule has 0 aromatic rings. The minimum Gasteiger partial charge on any atom is -0.380 e. The minimum absolute atomic E-state index is 0.00946. The number of hydrogen-bond donors (Lipinski definition) is 2. The van der Waals surface area contributed by atoms with Gasteiger partial charge in [-0.25, -0.2) is 4.57 Å². The second-order valence-corrected chi connectivity index (χ2v) is 5.35. The summed E-state index contributed by atoms with van der Waals surface area (Å²) in [6.07, 6.45) is -0.905. The summed E-state index contributed by atoms with van der Waals surface area (Å²) in [6, 6.07) is -0.368. The topological polar surface area (TPSA) is 85.2 Å². The van der Waals surface area contributed by atoms with E-state index in [0.717, 1.165) is 0 Å². The maximum absolute atomic E-state index is 10.8. The van der Waals surface area contributed by atoms with Gasteiger partial charge >= 0.3 is 7.82 Å². The molecule has 17 heavy (non-hydrogen) atoms. The third-order valence-electron chi connectivity index (χ3n) is 2.31. The average molecular weight is 261 g/mol. The Morgan fingerprint density at radius 1 is 1.59 bits per heavy atom. The molecular weight excluding hydrogens is 245 g/mol. The molecule has 3 atom stereocenters. The van der Waals surface area contributed by atoms with Crippen LogP contribution in [0.15, 0.2) is 0 Å². The Hall–Kier alpha value is 0.160. The van der Waals surface area contributed by atoms with Crippen LogP contribution in [-0.2, 0) is 18.6 Å². The number of hydrogen-bond acceptors (Lipinski definition) is 4. The SMILES string of the molecule is [B][B][C@H]1CC(OP(=O)(O)O)[C@@H](COC(C)C)O1. The van der Waals surface area contributed by atoms with E-state index in [1.807, 2.05) is 13.8 Å². The van der Waals surface area contributed by atoms with Crippen molar-refractivity contribution in [1.29, 1.82) is 0 Å². The monoisotopic (exact) mass is 261 g/mol. The molecule has 1 aliphatic rings. The highest BCUT2D eigenvalue weighted by Crippen LogP contribution is 2.41. The van der Waals surface area contributed by atoms with Gasteiger partial charge in [-0.2, -0.15) is 0 Å². The van der Waals surface area contributed by atoms with E-state index in [9.17, 15) is 4.57 Å². The van der Waals surface area contributed by atoms with E-state index in [0.29, 0.717) is 6.42 Å². The lowest BCUT2D eigenvalue weighted by Crippen LogP contribution is -2.30. The normalized spacial score (nSPS) is 29.8. The summed E-state index contributed by atoms with van der Waals surface area (Å²) in [4.78, 5) is 17.6. The number of rotatable bonds is 6. The average Bonchev–Trinajstić information content (AvgIpc) is 2.55. The van der Waals surface area contributed by atoms with E-state index in [1.165, 1.54) is 7.17 Å². The third-order valence-corrected chi connectivity index (χ3v) is 2.86. The van der Waals surface area contributed by atoms with Crippen LogP contribution in [0, 0.1) is 0 Å². The van der Waals surface area contributed by atoms with Crippen molar-refractivity contribution in [1.82, 2.24) is 0 Å². The van der Waals surface area contributed by atoms with E-state index in [-0.39, 0.29) is 18.7 Å². The van der Waals surface area contributed by atoms with Crippen molar-refractivity contribution in [3.05, 3.63) is 0 Å². The smallest absolute Gasteiger partial charge is 0.380 e. The van der Waals surface area contributed by atoms with Crippen molar-refractivity contribution in [3.63, 3.8) is 0 Å². The number of ether oxygens (including phenoxy) is 2. The van der Waals surface area contributed by atoms with Gasteiger partial charge in [0.1, 0.15) is 6.10 Å². The molecule has 1 aliphatic heterocycles. The summed E-state index contributed by atoms with van der Waals surface area (Å²) in [5.74, 6) is 0. The fourth-order valence-electron chi connectivity index (χ4n) is 1.59. The number of phosphoric acid groups is 1. The maximum Gasteiger partial charge on any atom is 0.469 e. The van der Waals surface area contributed by atoms with Gasteiger partial charge in [-0.15, -0.1) is 0 Å². The molecule has 0 aromatic heterocycles. The molecule has 0 amide bonds. The van der Waals surface area contributed by atoms with Gasteiger partial charge in [-0.1, -0.05) is 0 Å². The standard InChI is InChI=1S/C8H16B2O6P/c1-5(2)14-4-7-6(16-17(11,12)13)3-8(10-9)15-7/h5-8H,3-4H2,1-2H3,(H2,11,12,13)/t6?,7-,8-/m1/s1. The predicted octanol–water partition coefficient (Wildman–Crippen LogP) is -0.208. The first-order valence-corrected chi connectivity index (χ1v) is 6.91. The van der Waals surface area contributed by atoms with Gasteiger partial charge in [-0.05, 0) is 20.3 Å². The van der Waals surface area contributed by atoms with Crippen LogP contribution in [0.2, 0.25) is 0 Å². The van der Waals surface area contributed by atoms with Crippen LogP contribution in [0.5, 0.6) is 0 Å². The van der Waals surface area contributed by atoms with Crippen LogP contribution < -0.4 is 0 Å². The molecule has 1 unspecified atom stereocenters. The Kier molecular flexibility index (Phi) is 5.70. The zero-order chi connectivity index (χ0) is 13.1. The van der Waals surface area contributed by atoms with Crippen molar-refractivity contribution < 1.29 is 28.3 Å². The zero-order valence-electron chi connectivity index (χ0n) is 9.85. The molecule has 6 nitrogen and oxygen atoms in total. The summed E-state index contributed by atoms with van der Waals surface area (Å²) in [7, 11) is 2.15. The van der Waals surface area contributed by atoms with Crippen LogP contribution >= 0.6 is 7.82 Å². The molecule has 0 aliphatic carbocycles. The fourth-order valence-corrected chi connectivity index (χ4v) is 2.17. The van der Waals surface area contributed by atoms with Gasteiger partial charge in [0, 0.05) is 13.7 Å². The maximum atomic E-state index is 10.8. The van der Waals surface area contributed by atoms with Crippen LogP contribution in [0.3, 0.4) is 0 Å². The minimum atomic E-state index is -4.53. The molecule has 0 saturated carbocycles. The lowest BCUT2D eigenvalue weighted by molar-refractivity contribution is -0.0458. The first kappa shape index (κ1) is 15.2. The molecule has 0 aromatic carbocycles. The molecule has 3 radical (unpaired) electrons. The molecule has 2 N–H and O–H groups in total. The molecular formula is C8H16B2O6P. The lowest BCUT2D eigenvalue weighted by Gasteiger charge is -2.20. The van der Waals surface area contributed by atoms with Gasteiger partial charge < -0.3 is 19.3 Å². The van der Waals surface area contributed by atoms with E-state index < -0.39 is 20.0 Å². The van der Waals surface area contributed by atoms with Crippen LogP contribution in [0.25, 0.3) is 0 Å². The van der Waals surface area contributed by atoms with Crippen molar-refractivity contribution in [2.45, 2.75) is 44.6 Å². The van der Waals surface area contributed by atoms with Crippen molar-refractivity contribution >= 4 is 22.7 Å².